The molecule has 0 atom stereocenters. The first-order valence-electron chi connectivity index (χ1n) is 6.07. The Balaban J connectivity index is 2.19. The molecule has 0 aliphatic carbocycles. The molecular weight excluding hydrogens is 258 g/mol. The lowest BCUT2D eigenvalue weighted by Gasteiger charge is -2.09. The van der Waals surface area contributed by atoms with E-state index in [1.165, 1.54) is 6.07 Å². The molecule has 0 saturated carbocycles. The minimum atomic E-state index is -1.10. The van der Waals surface area contributed by atoms with Crippen molar-refractivity contribution in [3.05, 3.63) is 47.4 Å². The van der Waals surface area contributed by atoms with Gasteiger partial charge in [0.25, 0.3) is 0 Å². The summed E-state index contributed by atoms with van der Waals surface area (Å²) in [6.45, 7) is 2.05. The number of hydrogen-bond acceptors (Lipinski definition) is 5. The summed E-state index contributed by atoms with van der Waals surface area (Å²) in [5, 5.41) is 11.8. The van der Waals surface area contributed by atoms with Crippen LogP contribution < -0.4 is 10.1 Å². The number of carbonyl (C=O) groups is 1. The van der Waals surface area contributed by atoms with Gasteiger partial charge in [0.05, 0.1) is 0 Å². The molecule has 0 spiro atoms. The number of nitrogens with zero attached hydrogens (tertiary/aromatic N) is 2. The maximum absolute atomic E-state index is 11.0. The summed E-state index contributed by atoms with van der Waals surface area (Å²) in [6.07, 6.45) is 0. The van der Waals surface area contributed by atoms with Gasteiger partial charge in [-0.3, -0.25) is 0 Å². The first-order valence-corrected chi connectivity index (χ1v) is 6.07. The Morgan fingerprint density at radius 2 is 2.10 bits per heavy atom. The van der Waals surface area contributed by atoms with Crippen LogP contribution in [-0.2, 0) is 6.61 Å². The SMILES string of the molecule is CNc1cc(C(=O)O)nc(COc2ccccc2C)n1. The van der Waals surface area contributed by atoms with Gasteiger partial charge in [0.1, 0.15) is 18.2 Å². The second-order valence-electron chi connectivity index (χ2n) is 4.16. The van der Waals surface area contributed by atoms with Crippen molar-refractivity contribution in [3.8, 4) is 5.75 Å². The van der Waals surface area contributed by atoms with Gasteiger partial charge in [-0.2, -0.15) is 0 Å². The largest absolute Gasteiger partial charge is 0.485 e. The molecule has 0 unspecified atom stereocenters. The molecule has 1 heterocycles. The molecule has 2 rings (SSSR count). The van der Waals surface area contributed by atoms with Gasteiger partial charge in [0, 0.05) is 13.1 Å². The van der Waals surface area contributed by atoms with Crippen LogP contribution in [-0.4, -0.2) is 28.1 Å². The minimum absolute atomic E-state index is 0.0623. The summed E-state index contributed by atoms with van der Waals surface area (Å²) in [7, 11) is 1.67. The van der Waals surface area contributed by atoms with Crippen molar-refractivity contribution in [3.63, 3.8) is 0 Å². The number of carboxylic acid groups (broad SMARTS) is 1. The van der Waals surface area contributed by atoms with E-state index in [4.69, 9.17) is 9.84 Å². The molecule has 0 saturated heterocycles. The van der Waals surface area contributed by atoms with E-state index in [1.807, 2.05) is 31.2 Å². The molecule has 1 aromatic carbocycles. The lowest BCUT2D eigenvalue weighted by Crippen LogP contribution is -2.10. The highest BCUT2D eigenvalue weighted by Crippen LogP contribution is 2.17. The lowest BCUT2D eigenvalue weighted by molar-refractivity contribution is 0.0689. The zero-order valence-corrected chi connectivity index (χ0v) is 11.3. The molecule has 20 heavy (non-hydrogen) atoms. The summed E-state index contributed by atoms with van der Waals surface area (Å²) >= 11 is 0. The second-order valence-corrected chi connectivity index (χ2v) is 4.16. The summed E-state index contributed by atoms with van der Waals surface area (Å²) in [6, 6.07) is 8.94. The number of para-hydroxylation sites is 1. The van der Waals surface area contributed by atoms with Crippen LogP contribution in [0.2, 0.25) is 0 Å². The van der Waals surface area contributed by atoms with Crippen LogP contribution in [0.15, 0.2) is 30.3 Å². The molecule has 0 fully saturated rings. The highest BCUT2D eigenvalue weighted by Gasteiger charge is 2.10. The number of rotatable bonds is 5. The number of nitrogens with one attached hydrogen (secondary N) is 1. The van der Waals surface area contributed by atoms with Crippen LogP contribution in [0.1, 0.15) is 21.9 Å². The number of hydrogen-bond donors (Lipinski definition) is 2. The molecule has 104 valence electrons. The zero-order chi connectivity index (χ0) is 14.5. The Morgan fingerprint density at radius 1 is 1.35 bits per heavy atom. The van der Waals surface area contributed by atoms with Crippen molar-refractivity contribution >= 4 is 11.8 Å². The molecule has 2 aromatic rings. The highest BCUT2D eigenvalue weighted by atomic mass is 16.5. The second kappa shape index (κ2) is 6.01. The fourth-order valence-electron chi connectivity index (χ4n) is 1.66. The average molecular weight is 273 g/mol. The molecule has 2 N–H and O–H groups in total. The number of carboxylic acids is 1. The number of aromatic nitrogens is 2. The maximum Gasteiger partial charge on any atom is 0.354 e. The highest BCUT2D eigenvalue weighted by molar-refractivity contribution is 5.86. The maximum atomic E-state index is 11.0. The molecule has 0 aliphatic rings. The molecule has 0 aliphatic heterocycles. The van der Waals surface area contributed by atoms with E-state index in [9.17, 15) is 4.79 Å². The van der Waals surface area contributed by atoms with Gasteiger partial charge >= 0.3 is 5.97 Å². The van der Waals surface area contributed by atoms with Gasteiger partial charge in [-0.15, -0.1) is 0 Å². The Labute approximate surface area is 116 Å². The van der Waals surface area contributed by atoms with Crippen LogP contribution in [0, 0.1) is 6.92 Å². The van der Waals surface area contributed by atoms with Crippen molar-refractivity contribution in [1.29, 1.82) is 0 Å². The van der Waals surface area contributed by atoms with Gasteiger partial charge in [-0.1, -0.05) is 18.2 Å². The van der Waals surface area contributed by atoms with Gasteiger partial charge in [0.2, 0.25) is 0 Å². The third-order valence-electron chi connectivity index (χ3n) is 2.70. The topological polar surface area (TPSA) is 84.3 Å². The van der Waals surface area contributed by atoms with Crippen molar-refractivity contribution in [2.45, 2.75) is 13.5 Å². The fourth-order valence-corrected chi connectivity index (χ4v) is 1.66. The van der Waals surface area contributed by atoms with Gasteiger partial charge < -0.3 is 15.2 Å². The fraction of sp³-hybridized carbons (Fsp3) is 0.214. The summed E-state index contributed by atoms with van der Waals surface area (Å²) in [5.41, 5.74) is 0.934. The molecule has 6 nitrogen and oxygen atoms in total. The van der Waals surface area contributed by atoms with E-state index in [0.717, 1.165) is 11.3 Å². The van der Waals surface area contributed by atoms with E-state index >= 15 is 0 Å². The Kier molecular flexibility index (Phi) is 4.14. The first kappa shape index (κ1) is 13.8. The van der Waals surface area contributed by atoms with Gasteiger partial charge in [-0.05, 0) is 18.6 Å². The summed E-state index contributed by atoms with van der Waals surface area (Å²) in [4.78, 5) is 19.1. The zero-order valence-electron chi connectivity index (χ0n) is 11.3. The van der Waals surface area contributed by atoms with Gasteiger partial charge in [-0.25, -0.2) is 14.8 Å². The predicted molar refractivity (Wildman–Crippen MR) is 74.0 cm³/mol. The van der Waals surface area contributed by atoms with E-state index in [1.54, 1.807) is 7.05 Å². The molecule has 0 bridgehead atoms. The monoisotopic (exact) mass is 273 g/mol. The third-order valence-corrected chi connectivity index (χ3v) is 2.70. The van der Waals surface area contributed by atoms with Crippen molar-refractivity contribution in [2.24, 2.45) is 0 Å². The predicted octanol–water partition coefficient (Wildman–Crippen LogP) is 2.10. The number of benzene rings is 1. The molecular formula is C14H15N3O3. The first-order chi connectivity index (χ1) is 9.60. The minimum Gasteiger partial charge on any atom is -0.485 e. The normalized spacial score (nSPS) is 10.1. The molecule has 1 aromatic heterocycles. The smallest absolute Gasteiger partial charge is 0.354 e. The van der Waals surface area contributed by atoms with Crippen LogP contribution in [0.25, 0.3) is 0 Å². The van der Waals surface area contributed by atoms with E-state index in [0.29, 0.717) is 11.6 Å². The Morgan fingerprint density at radius 3 is 2.75 bits per heavy atom. The number of aromatic carboxylic acids is 1. The third kappa shape index (κ3) is 3.23. The van der Waals surface area contributed by atoms with Crippen LogP contribution in [0.3, 0.4) is 0 Å². The van der Waals surface area contributed by atoms with E-state index in [2.05, 4.69) is 15.3 Å². The number of anilines is 1. The van der Waals surface area contributed by atoms with Gasteiger partial charge in [0.15, 0.2) is 11.5 Å². The quantitative estimate of drug-likeness (QED) is 0.868. The molecule has 6 heteroatoms. The summed E-state index contributed by atoms with van der Waals surface area (Å²) in [5.74, 6) is 0.391. The number of ether oxygens (including phenoxy) is 1. The Bertz CT molecular complexity index is 629. The Hall–Kier alpha value is -2.63. The van der Waals surface area contributed by atoms with Crippen molar-refractivity contribution in [1.82, 2.24) is 9.97 Å². The van der Waals surface area contributed by atoms with Crippen LogP contribution >= 0.6 is 0 Å². The molecule has 0 radical (unpaired) electrons. The lowest BCUT2D eigenvalue weighted by atomic mass is 10.2. The van der Waals surface area contributed by atoms with Crippen molar-refractivity contribution < 1.29 is 14.6 Å². The van der Waals surface area contributed by atoms with Crippen LogP contribution in [0.4, 0.5) is 5.82 Å². The average Bonchev–Trinajstić information content (AvgIpc) is 2.46. The number of aryl methyl sites for hydroxylation is 1. The van der Waals surface area contributed by atoms with E-state index in [-0.39, 0.29) is 12.3 Å². The molecule has 0 amide bonds. The standard InChI is InChI=1S/C14H15N3O3/c1-9-5-3-4-6-11(9)20-8-13-16-10(14(18)19)7-12(15-2)17-13/h3-7H,8H2,1-2H3,(H,18,19)(H,15,16,17). The van der Waals surface area contributed by atoms with Crippen LogP contribution in [0.5, 0.6) is 5.75 Å². The van der Waals surface area contributed by atoms with Crippen molar-refractivity contribution in [2.75, 3.05) is 12.4 Å². The van der Waals surface area contributed by atoms with E-state index < -0.39 is 5.97 Å². The summed E-state index contributed by atoms with van der Waals surface area (Å²) < 4.78 is 5.61.